The highest BCUT2D eigenvalue weighted by Gasteiger charge is 2.38. The number of halogens is 3. The molecule has 318 valence electrons. The summed E-state index contributed by atoms with van der Waals surface area (Å²) in [5.74, 6) is -4.41. The molecule has 2 aromatic carbocycles. The van der Waals surface area contributed by atoms with Crippen LogP contribution in [0.2, 0.25) is 0 Å². The molecule has 2 aromatic rings. The number of aliphatic imine (C=N–C) groups is 1. The number of carbonyl (C=O) groups excluding carboxylic acids is 4. The van der Waals surface area contributed by atoms with Gasteiger partial charge in [0, 0.05) is 13.1 Å². The quantitative estimate of drug-likeness (QED) is 0.0395. The first-order chi connectivity index (χ1) is 26.8. The van der Waals surface area contributed by atoms with Crippen molar-refractivity contribution in [2.75, 3.05) is 20.2 Å². The number of amides is 4. The molecule has 0 saturated carbocycles. The highest BCUT2D eigenvalue weighted by atomic mass is 19.4. The van der Waals surface area contributed by atoms with Crippen LogP contribution in [-0.4, -0.2) is 96.6 Å². The molecule has 19 heteroatoms. The lowest BCUT2D eigenvalue weighted by atomic mass is 9.95. The summed E-state index contributed by atoms with van der Waals surface area (Å²) in [5.41, 5.74) is 9.96. The Morgan fingerprint density at radius 3 is 1.98 bits per heavy atom. The minimum absolute atomic E-state index is 0.00612. The molecule has 0 fully saturated rings. The highest BCUT2D eigenvalue weighted by Crippen LogP contribution is 2.14. The molecule has 0 aliphatic heterocycles. The number of hydrogen-bond donors (Lipinski definition) is 8. The largest absolute Gasteiger partial charge is 0.490 e. The Morgan fingerprint density at radius 1 is 0.877 bits per heavy atom. The fraction of sp³-hybridized carbons (Fsp3) is 0.526. The molecule has 0 bridgehead atoms. The summed E-state index contributed by atoms with van der Waals surface area (Å²) < 4.78 is 37.1. The summed E-state index contributed by atoms with van der Waals surface area (Å²) in [5, 5.41) is 29.3. The maximum absolute atomic E-state index is 13.6. The van der Waals surface area contributed by atoms with Gasteiger partial charge in [0.25, 0.3) is 0 Å². The number of alkyl carbamates (subject to hydrolysis) is 1. The fourth-order valence-electron chi connectivity index (χ4n) is 5.08. The van der Waals surface area contributed by atoms with Gasteiger partial charge in [-0.15, -0.1) is 0 Å². The van der Waals surface area contributed by atoms with Gasteiger partial charge in [-0.1, -0.05) is 88.4 Å². The predicted molar refractivity (Wildman–Crippen MR) is 205 cm³/mol. The second-order valence-corrected chi connectivity index (χ2v) is 13.6. The lowest BCUT2D eigenvalue weighted by Crippen LogP contribution is -2.58. The number of rotatable bonds is 21. The number of aliphatic hydroxyl groups excluding tert-OH is 1. The van der Waals surface area contributed by atoms with Crippen LogP contribution in [0.15, 0.2) is 65.7 Å². The lowest BCUT2D eigenvalue weighted by Gasteiger charge is -2.30. The Kier molecular flexibility index (Phi) is 23.0. The van der Waals surface area contributed by atoms with E-state index in [0.717, 1.165) is 11.1 Å². The number of carboxylic acid groups (broad SMARTS) is 1. The summed E-state index contributed by atoms with van der Waals surface area (Å²) in [6, 6.07) is 16.0. The van der Waals surface area contributed by atoms with Crippen molar-refractivity contribution in [2.24, 2.45) is 22.6 Å². The van der Waals surface area contributed by atoms with Crippen molar-refractivity contribution in [3.8, 4) is 0 Å². The predicted octanol–water partition coefficient (Wildman–Crippen LogP) is 2.94. The molecule has 2 rings (SSSR count). The average molecular weight is 812 g/mol. The minimum Gasteiger partial charge on any atom is -0.475 e. The van der Waals surface area contributed by atoms with E-state index >= 15 is 0 Å². The molecule has 0 aliphatic carbocycles. The van der Waals surface area contributed by atoms with Crippen molar-refractivity contribution in [3.63, 3.8) is 0 Å². The number of carbonyl (C=O) groups is 5. The molecule has 0 saturated heterocycles. The van der Waals surface area contributed by atoms with E-state index in [9.17, 15) is 37.5 Å². The molecule has 4 amide bonds. The smallest absolute Gasteiger partial charge is 0.475 e. The van der Waals surface area contributed by atoms with Crippen LogP contribution in [0, 0.1) is 11.8 Å². The number of alkyl halides is 3. The van der Waals surface area contributed by atoms with E-state index < -0.39 is 54.3 Å². The van der Waals surface area contributed by atoms with Crippen LogP contribution in [0.1, 0.15) is 64.5 Å². The van der Waals surface area contributed by atoms with E-state index in [4.69, 9.17) is 25.2 Å². The van der Waals surface area contributed by atoms with Crippen LogP contribution in [-0.2, 0) is 41.8 Å². The maximum atomic E-state index is 13.6. The summed E-state index contributed by atoms with van der Waals surface area (Å²) in [6.07, 6.45) is -5.66. The van der Waals surface area contributed by atoms with E-state index in [1.54, 1.807) is 13.8 Å². The molecule has 4 atom stereocenters. The normalized spacial score (nSPS) is 13.6. The van der Waals surface area contributed by atoms with Gasteiger partial charge in [-0.2, -0.15) is 13.2 Å². The van der Waals surface area contributed by atoms with E-state index in [1.165, 1.54) is 7.11 Å². The van der Waals surface area contributed by atoms with Crippen LogP contribution >= 0.6 is 0 Å². The minimum atomic E-state index is -5.08. The summed E-state index contributed by atoms with van der Waals surface area (Å²) in [6.45, 7) is 8.09. The molecule has 16 nitrogen and oxygen atoms in total. The molecule has 0 radical (unpaired) electrons. The highest BCUT2D eigenvalue weighted by molar-refractivity contribution is 5.91. The third-order valence-electron chi connectivity index (χ3n) is 7.94. The van der Waals surface area contributed by atoms with E-state index in [-0.39, 0.29) is 49.7 Å². The van der Waals surface area contributed by atoms with Crippen molar-refractivity contribution in [1.82, 2.24) is 26.7 Å². The number of benzene rings is 2. The Balaban J connectivity index is 0.00000211. The Hall–Kier alpha value is -5.43. The number of guanidine groups is 1. The standard InChI is InChI=1S/C36H55N7O7.C2HF3O2/c1-24(2)21-29(30(44)22-31(45)38-20-18-26-13-8-6-9-14-26)40-34(47)32(25(3)4)42-33(46)28(17-12-19-39-35(37)43-49-5)41-36(48)50-23-27-15-10-7-11-16-27;3-2(4,5)1(6)7/h6-11,13-16,24-25,28-30,32,44H,12,17-23H2,1-5H3,(H,38,45)(H,40,47)(H,41,48)(H,42,46)(H3,37,39,43);(H,6,7)/t28-,29-,30-,32-;/m0./s1. The Labute approximate surface area is 330 Å². The van der Waals surface area contributed by atoms with Gasteiger partial charge in [-0.3, -0.25) is 24.2 Å². The van der Waals surface area contributed by atoms with Crippen molar-refractivity contribution in [1.29, 1.82) is 0 Å². The van der Waals surface area contributed by atoms with E-state index in [0.29, 0.717) is 25.8 Å². The van der Waals surface area contributed by atoms with Gasteiger partial charge in [0.05, 0.1) is 25.7 Å². The molecule has 0 aliphatic rings. The first-order valence-corrected chi connectivity index (χ1v) is 18.3. The number of carboxylic acids is 1. The SMILES string of the molecule is CONC(N)=NCCC[C@H](NC(=O)OCc1ccccc1)C(=O)N[C@H](C(=O)N[C@@H](CC(C)C)[C@@H](O)CC(=O)NCCc1ccccc1)C(C)C.O=C(O)C(F)(F)F. The van der Waals surface area contributed by atoms with Gasteiger partial charge in [0.15, 0.2) is 0 Å². The molecule has 0 heterocycles. The van der Waals surface area contributed by atoms with Gasteiger partial charge < -0.3 is 42.0 Å². The first-order valence-electron chi connectivity index (χ1n) is 18.3. The molecule has 9 N–H and O–H groups in total. The second-order valence-electron chi connectivity index (χ2n) is 13.6. The Morgan fingerprint density at radius 2 is 1.46 bits per heavy atom. The summed E-state index contributed by atoms with van der Waals surface area (Å²) >= 11 is 0. The van der Waals surface area contributed by atoms with Gasteiger partial charge in [-0.05, 0) is 48.6 Å². The third-order valence-corrected chi connectivity index (χ3v) is 7.94. The summed E-state index contributed by atoms with van der Waals surface area (Å²) in [4.78, 5) is 70.3. The zero-order valence-electron chi connectivity index (χ0n) is 32.8. The van der Waals surface area contributed by atoms with Crippen LogP contribution in [0.25, 0.3) is 0 Å². The van der Waals surface area contributed by atoms with Crippen molar-refractivity contribution < 1.29 is 56.9 Å². The van der Waals surface area contributed by atoms with E-state index in [2.05, 4.69) is 31.7 Å². The van der Waals surface area contributed by atoms with Crippen molar-refractivity contribution in [3.05, 3.63) is 71.8 Å². The van der Waals surface area contributed by atoms with Crippen LogP contribution in [0.3, 0.4) is 0 Å². The number of nitrogens with zero attached hydrogens (tertiary/aromatic N) is 1. The number of aliphatic carboxylic acids is 1. The molecule has 57 heavy (non-hydrogen) atoms. The zero-order chi connectivity index (χ0) is 43.0. The second kappa shape index (κ2) is 26.4. The molecule has 0 aromatic heterocycles. The zero-order valence-corrected chi connectivity index (χ0v) is 32.8. The molecular formula is C38H56F3N7O9. The van der Waals surface area contributed by atoms with Crippen LogP contribution in [0.4, 0.5) is 18.0 Å². The monoisotopic (exact) mass is 811 g/mol. The van der Waals surface area contributed by atoms with Gasteiger partial charge in [0.2, 0.25) is 23.7 Å². The third kappa shape index (κ3) is 22.0. The van der Waals surface area contributed by atoms with Crippen molar-refractivity contribution >= 4 is 35.7 Å². The number of nitrogens with one attached hydrogen (secondary N) is 5. The molecule has 0 spiro atoms. The summed E-state index contributed by atoms with van der Waals surface area (Å²) in [7, 11) is 1.39. The number of hydroxylamine groups is 1. The number of ether oxygens (including phenoxy) is 1. The van der Waals surface area contributed by atoms with Crippen LogP contribution in [0.5, 0.6) is 0 Å². The average Bonchev–Trinajstić information content (AvgIpc) is 3.14. The van der Waals surface area contributed by atoms with E-state index in [1.807, 2.05) is 74.5 Å². The number of aliphatic hydroxyl groups is 1. The number of nitrogens with two attached hydrogens (primary N) is 1. The molecule has 0 unspecified atom stereocenters. The van der Waals surface area contributed by atoms with Gasteiger partial charge >= 0.3 is 18.2 Å². The fourth-order valence-corrected chi connectivity index (χ4v) is 5.08. The van der Waals surface area contributed by atoms with Gasteiger partial charge in [0.1, 0.15) is 18.7 Å². The Bertz CT molecular complexity index is 1550. The maximum Gasteiger partial charge on any atom is 0.490 e. The first kappa shape index (κ1) is 49.6. The van der Waals surface area contributed by atoms with Crippen LogP contribution < -0.4 is 32.5 Å². The van der Waals surface area contributed by atoms with Crippen molar-refractivity contribution in [2.45, 2.75) is 96.8 Å². The van der Waals surface area contributed by atoms with Gasteiger partial charge in [-0.25, -0.2) is 15.1 Å². The lowest BCUT2D eigenvalue weighted by molar-refractivity contribution is -0.192. The topological polar surface area (TPSA) is 243 Å². The number of hydrogen-bond acceptors (Lipinski definition) is 9. The molecular weight excluding hydrogens is 755 g/mol.